The van der Waals surface area contributed by atoms with Gasteiger partial charge in [-0.2, -0.15) is 0 Å². The third-order valence-corrected chi connectivity index (χ3v) is 4.74. The predicted octanol–water partition coefficient (Wildman–Crippen LogP) is 1.92. The molecule has 2 amide bonds. The number of carbonyl (C=O) groups excluding carboxylic acids is 2. The largest absolute Gasteiger partial charge is 0.347 e. The van der Waals surface area contributed by atoms with E-state index in [1.54, 1.807) is 4.90 Å². The Morgan fingerprint density at radius 2 is 1.58 bits per heavy atom. The first kappa shape index (κ1) is 16.9. The first-order valence-electron chi connectivity index (χ1n) is 8.36. The van der Waals surface area contributed by atoms with Gasteiger partial charge >= 0.3 is 11.8 Å². The second kappa shape index (κ2) is 6.53. The van der Waals surface area contributed by atoms with Gasteiger partial charge in [0, 0.05) is 31.6 Å². The number of aryl methyl sites for hydroxylation is 3. The summed E-state index contributed by atoms with van der Waals surface area (Å²) in [6, 6.07) is 3.99. The molecule has 0 aliphatic carbocycles. The number of ether oxygens (including phenoxy) is 2. The molecule has 1 aromatic carbocycles. The van der Waals surface area contributed by atoms with Crippen molar-refractivity contribution in [1.29, 1.82) is 0 Å². The van der Waals surface area contributed by atoms with Crippen molar-refractivity contribution in [2.24, 2.45) is 0 Å². The molecule has 0 atom stereocenters. The highest BCUT2D eigenvalue weighted by molar-refractivity contribution is 6.39. The van der Waals surface area contributed by atoms with Crippen LogP contribution >= 0.6 is 0 Å². The van der Waals surface area contributed by atoms with Gasteiger partial charge in [-0.1, -0.05) is 17.7 Å². The molecule has 1 aromatic rings. The first-order chi connectivity index (χ1) is 11.4. The quantitative estimate of drug-likeness (QED) is 0.798. The molecule has 0 bridgehead atoms. The minimum atomic E-state index is -0.589. The summed E-state index contributed by atoms with van der Waals surface area (Å²) in [5.74, 6) is -1.63. The molecular weight excluding hydrogens is 308 g/mol. The van der Waals surface area contributed by atoms with Crippen molar-refractivity contribution < 1.29 is 19.1 Å². The lowest BCUT2D eigenvalue weighted by molar-refractivity contribution is -0.187. The van der Waals surface area contributed by atoms with Gasteiger partial charge in [-0.05, 0) is 31.9 Å². The van der Waals surface area contributed by atoms with Gasteiger partial charge in [0.1, 0.15) is 0 Å². The van der Waals surface area contributed by atoms with Crippen LogP contribution in [0.1, 0.15) is 29.5 Å². The Morgan fingerprint density at radius 3 is 2.12 bits per heavy atom. The van der Waals surface area contributed by atoms with Crippen LogP contribution in [0.25, 0.3) is 0 Å². The van der Waals surface area contributed by atoms with Gasteiger partial charge in [0.25, 0.3) is 0 Å². The summed E-state index contributed by atoms with van der Waals surface area (Å²) in [5, 5.41) is 2.77. The molecule has 1 N–H and O–H groups in total. The lowest BCUT2D eigenvalue weighted by Crippen LogP contribution is -2.50. The predicted molar refractivity (Wildman–Crippen MR) is 89.7 cm³/mol. The second-order valence-electron chi connectivity index (χ2n) is 6.63. The van der Waals surface area contributed by atoms with Crippen molar-refractivity contribution in [2.45, 2.75) is 39.4 Å². The molecule has 0 aromatic heterocycles. The van der Waals surface area contributed by atoms with Crippen molar-refractivity contribution in [3.63, 3.8) is 0 Å². The number of likely N-dealkylation sites (tertiary alicyclic amines) is 1. The van der Waals surface area contributed by atoms with Gasteiger partial charge in [-0.25, -0.2) is 0 Å². The molecule has 0 saturated carbocycles. The number of amides is 2. The second-order valence-corrected chi connectivity index (χ2v) is 6.63. The molecule has 2 aliphatic heterocycles. The molecule has 6 nitrogen and oxygen atoms in total. The van der Waals surface area contributed by atoms with Gasteiger partial charge < -0.3 is 19.7 Å². The maximum absolute atomic E-state index is 12.4. The highest BCUT2D eigenvalue weighted by atomic mass is 16.7. The van der Waals surface area contributed by atoms with Crippen LogP contribution in [0.4, 0.5) is 5.69 Å². The zero-order chi connectivity index (χ0) is 17.3. The number of nitrogens with zero attached hydrogens (tertiary/aromatic N) is 1. The van der Waals surface area contributed by atoms with Crippen molar-refractivity contribution in [3.8, 4) is 0 Å². The van der Waals surface area contributed by atoms with E-state index < -0.39 is 17.6 Å². The maximum atomic E-state index is 12.4. The molecule has 1 spiro atoms. The van der Waals surface area contributed by atoms with Crippen LogP contribution in [0.5, 0.6) is 0 Å². The number of rotatable bonds is 1. The van der Waals surface area contributed by atoms with Crippen molar-refractivity contribution >= 4 is 17.5 Å². The number of carbonyl (C=O) groups is 2. The van der Waals surface area contributed by atoms with Crippen molar-refractivity contribution in [2.75, 3.05) is 31.6 Å². The van der Waals surface area contributed by atoms with Crippen LogP contribution in [0.15, 0.2) is 12.1 Å². The van der Waals surface area contributed by atoms with Gasteiger partial charge in [0.05, 0.1) is 13.2 Å². The van der Waals surface area contributed by atoms with Crippen LogP contribution in [0.3, 0.4) is 0 Å². The monoisotopic (exact) mass is 332 g/mol. The van der Waals surface area contributed by atoms with Crippen LogP contribution in [0, 0.1) is 20.8 Å². The molecule has 6 heteroatoms. The zero-order valence-electron chi connectivity index (χ0n) is 14.5. The molecule has 2 aliphatic rings. The van der Waals surface area contributed by atoms with Crippen molar-refractivity contribution in [1.82, 2.24) is 4.90 Å². The van der Waals surface area contributed by atoms with E-state index in [-0.39, 0.29) is 0 Å². The highest BCUT2D eigenvalue weighted by Crippen LogP contribution is 2.31. The topological polar surface area (TPSA) is 67.9 Å². The van der Waals surface area contributed by atoms with Gasteiger partial charge in [0.2, 0.25) is 0 Å². The van der Waals surface area contributed by atoms with Gasteiger partial charge in [-0.15, -0.1) is 0 Å². The molecular formula is C18H24N2O4. The number of hydrogen-bond donors (Lipinski definition) is 1. The third kappa shape index (κ3) is 3.30. The number of anilines is 1. The Hall–Kier alpha value is -1.92. The maximum Gasteiger partial charge on any atom is 0.313 e. The van der Waals surface area contributed by atoms with E-state index in [9.17, 15) is 9.59 Å². The lowest BCUT2D eigenvalue weighted by atomic mass is 10.0. The minimum Gasteiger partial charge on any atom is -0.347 e. The average Bonchev–Trinajstić information content (AvgIpc) is 2.99. The summed E-state index contributed by atoms with van der Waals surface area (Å²) in [5.41, 5.74) is 3.76. The van der Waals surface area contributed by atoms with Crippen LogP contribution in [-0.2, 0) is 19.1 Å². The van der Waals surface area contributed by atoms with E-state index in [0.29, 0.717) is 39.1 Å². The Kier molecular flexibility index (Phi) is 4.60. The summed E-state index contributed by atoms with van der Waals surface area (Å²) >= 11 is 0. The average molecular weight is 332 g/mol. The van der Waals surface area contributed by atoms with Crippen LogP contribution in [0.2, 0.25) is 0 Å². The highest BCUT2D eigenvalue weighted by Gasteiger charge is 2.41. The molecule has 2 fully saturated rings. The summed E-state index contributed by atoms with van der Waals surface area (Å²) < 4.78 is 11.3. The van der Waals surface area contributed by atoms with E-state index in [2.05, 4.69) is 5.32 Å². The number of hydrogen-bond acceptors (Lipinski definition) is 4. The van der Waals surface area contributed by atoms with Gasteiger partial charge in [-0.3, -0.25) is 9.59 Å². The Labute approximate surface area is 142 Å². The lowest BCUT2D eigenvalue weighted by Gasteiger charge is -2.37. The zero-order valence-corrected chi connectivity index (χ0v) is 14.5. The molecule has 0 radical (unpaired) electrons. The van der Waals surface area contributed by atoms with E-state index in [1.165, 1.54) is 0 Å². The fraction of sp³-hybridized carbons (Fsp3) is 0.556. The van der Waals surface area contributed by atoms with Crippen molar-refractivity contribution in [3.05, 3.63) is 28.8 Å². The Balaban J connectivity index is 1.63. The summed E-state index contributed by atoms with van der Waals surface area (Å²) in [6.07, 6.45) is 1.21. The summed E-state index contributed by atoms with van der Waals surface area (Å²) in [6.45, 7) is 8.00. The molecule has 3 rings (SSSR count). The van der Waals surface area contributed by atoms with E-state index in [0.717, 1.165) is 22.4 Å². The Bertz CT molecular complexity index is 632. The molecule has 0 unspecified atom stereocenters. The van der Waals surface area contributed by atoms with Crippen LogP contribution < -0.4 is 5.32 Å². The normalized spacial score (nSPS) is 19.5. The summed E-state index contributed by atoms with van der Waals surface area (Å²) in [7, 11) is 0. The van der Waals surface area contributed by atoms with Gasteiger partial charge in [0.15, 0.2) is 5.79 Å². The minimum absolute atomic E-state index is 0.470. The first-order valence-corrected chi connectivity index (χ1v) is 8.36. The van der Waals surface area contributed by atoms with E-state index in [1.807, 2.05) is 32.9 Å². The van der Waals surface area contributed by atoms with E-state index >= 15 is 0 Å². The van der Waals surface area contributed by atoms with E-state index in [4.69, 9.17) is 9.47 Å². The number of nitrogens with one attached hydrogen (secondary N) is 1. The molecule has 130 valence electrons. The SMILES string of the molecule is Cc1cc(C)c(NC(=O)C(=O)N2CCC3(CC2)OCCO3)c(C)c1. The molecule has 2 saturated heterocycles. The standard InChI is InChI=1S/C18H24N2O4/c1-12-10-13(2)15(14(3)11-12)19-16(21)17(22)20-6-4-18(5-7-20)23-8-9-24-18/h10-11H,4-9H2,1-3H3,(H,19,21). The number of piperidine rings is 1. The molecule has 24 heavy (non-hydrogen) atoms. The fourth-order valence-corrected chi connectivity index (χ4v) is 3.52. The smallest absolute Gasteiger partial charge is 0.313 e. The Morgan fingerprint density at radius 1 is 1.04 bits per heavy atom. The third-order valence-electron chi connectivity index (χ3n) is 4.74. The number of benzene rings is 1. The van der Waals surface area contributed by atoms with Crippen LogP contribution in [-0.4, -0.2) is 48.8 Å². The fourth-order valence-electron chi connectivity index (χ4n) is 3.52. The molecule has 2 heterocycles. The summed E-state index contributed by atoms with van der Waals surface area (Å²) in [4.78, 5) is 26.4.